The normalized spacial score (nSPS) is 23.8. The molecule has 3 atom stereocenters. The first-order valence-corrected chi connectivity index (χ1v) is 12.6. The predicted molar refractivity (Wildman–Crippen MR) is 131 cm³/mol. The van der Waals surface area contributed by atoms with Crippen molar-refractivity contribution in [2.45, 2.75) is 50.5 Å². The molecule has 1 heterocycles. The number of carbonyl (C=O) groups excluding carboxylic acids is 2. The summed E-state index contributed by atoms with van der Waals surface area (Å²) in [7, 11) is 0. The molecule has 2 fully saturated rings. The Morgan fingerprint density at radius 2 is 1.57 bits per heavy atom. The number of carbonyl (C=O) groups is 3. The van der Waals surface area contributed by atoms with Crippen molar-refractivity contribution in [3.05, 3.63) is 59.7 Å². The highest BCUT2D eigenvalue weighted by Gasteiger charge is 2.35. The molecule has 2 N–H and O–H groups in total. The van der Waals surface area contributed by atoms with Crippen LogP contribution in [0.3, 0.4) is 0 Å². The standard InChI is InChI=1S/C28H32N2O5/c31-26(30-14-6-8-19(16-30)27(32)33)18-7-5-9-20(15-18)29-28(34)35-17-25-23-12-3-1-10-21(23)22-11-2-4-13-24(22)25/h1-4,10-13,18-20,25H,5-9,14-17H2,(H,29,34)(H,32,33)/t18-,19+,20+/m0/s1. The Labute approximate surface area is 205 Å². The van der Waals surface area contributed by atoms with Crippen molar-refractivity contribution in [3.8, 4) is 11.1 Å². The van der Waals surface area contributed by atoms with E-state index in [-0.39, 0.29) is 36.9 Å². The Hall–Kier alpha value is -3.35. The van der Waals surface area contributed by atoms with E-state index in [0.717, 1.165) is 25.7 Å². The summed E-state index contributed by atoms with van der Waals surface area (Å²) in [5.41, 5.74) is 4.72. The molecule has 2 aliphatic carbocycles. The lowest BCUT2D eigenvalue weighted by molar-refractivity contribution is -0.147. The summed E-state index contributed by atoms with van der Waals surface area (Å²) >= 11 is 0. The van der Waals surface area contributed by atoms with Gasteiger partial charge >= 0.3 is 12.1 Å². The van der Waals surface area contributed by atoms with Gasteiger partial charge in [0.1, 0.15) is 6.61 Å². The van der Waals surface area contributed by atoms with Crippen LogP contribution in [0.5, 0.6) is 0 Å². The van der Waals surface area contributed by atoms with E-state index in [9.17, 15) is 19.5 Å². The van der Waals surface area contributed by atoms with Gasteiger partial charge in [0.2, 0.25) is 5.91 Å². The van der Waals surface area contributed by atoms with Crippen LogP contribution in [0.25, 0.3) is 11.1 Å². The first-order chi connectivity index (χ1) is 17.0. The van der Waals surface area contributed by atoms with Crippen molar-refractivity contribution < 1.29 is 24.2 Å². The van der Waals surface area contributed by atoms with Gasteiger partial charge < -0.3 is 20.1 Å². The minimum Gasteiger partial charge on any atom is -0.481 e. The number of alkyl carbamates (subject to hydrolysis) is 1. The Balaban J connectivity index is 1.16. The Kier molecular flexibility index (Phi) is 6.75. The molecule has 1 saturated heterocycles. The Bertz CT molecular complexity index is 1070. The van der Waals surface area contributed by atoms with Crippen LogP contribution in [0, 0.1) is 11.8 Å². The predicted octanol–water partition coefficient (Wildman–Crippen LogP) is 4.41. The van der Waals surface area contributed by atoms with Crippen molar-refractivity contribution in [2.75, 3.05) is 19.7 Å². The van der Waals surface area contributed by atoms with Gasteiger partial charge in [-0.15, -0.1) is 0 Å². The van der Waals surface area contributed by atoms with E-state index in [2.05, 4.69) is 29.6 Å². The maximum absolute atomic E-state index is 13.1. The third-order valence-corrected chi connectivity index (χ3v) is 7.77. The van der Waals surface area contributed by atoms with Crippen LogP contribution in [-0.4, -0.2) is 53.7 Å². The molecule has 1 aliphatic heterocycles. The number of piperidine rings is 1. The number of nitrogens with zero attached hydrogens (tertiary/aromatic N) is 1. The fourth-order valence-corrected chi connectivity index (χ4v) is 5.99. The number of carboxylic acids is 1. The monoisotopic (exact) mass is 476 g/mol. The van der Waals surface area contributed by atoms with Crippen LogP contribution in [0.2, 0.25) is 0 Å². The number of fused-ring (bicyclic) bond motifs is 3. The van der Waals surface area contributed by atoms with Gasteiger partial charge in [0.05, 0.1) is 5.92 Å². The number of carboxylic acid groups (broad SMARTS) is 1. The molecule has 2 amide bonds. The molecule has 0 spiro atoms. The molecule has 0 bridgehead atoms. The highest BCUT2D eigenvalue weighted by molar-refractivity contribution is 5.81. The number of ether oxygens (including phenoxy) is 1. The Morgan fingerprint density at radius 3 is 2.26 bits per heavy atom. The summed E-state index contributed by atoms with van der Waals surface area (Å²) in [4.78, 5) is 38.8. The molecule has 0 unspecified atom stereocenters. The summed E-state index contributed by atoms with van der Waals surface area (Å²) in [6.07, 6.45) is 3.89. The van der Waals surface area contributed by atoms with Gasteiger partial charge in [-0.3, -0.25) is 9.59 Å². The number of benzene rings is 2. The molecule has 0 aromatic heterocycles. The lowest BCUT2D eigenvalue weighted by Gasteiger charge is -2.36. The smallest absolute Gasteiger partial charge is 0.407 e. The van der Waals surface area contributed by atoms with Gasteiger partial charge in [-0.2, -0.15) is 0 Å². The fraction of sp³-hybridized carbons (Fsp3) is 0.464. The second-order valence-electron chi connectivity index (χ2n) is 9.99. The first-order valence-electron chi connectivity index (χ1n) is 12.6. The van der Waals surface area contributed by atoms with E-state index >= 15 is 0 Å². The third-order valence-electron chi connectivity index (χ3n) is 7.77. The molecule has 7 heteroatoms. The zero-order chi connectivity index (χ0) is 24.4. The van der Waals surface area contributed by atoms with Crippen molar-refractivity contribution >= 4 is 18.0 Å². The van der Waals surface area contributed by atoms with Gasteiger partial charge in [-0.25, -0.2) is 4.79 Å². The number of hydrogen-bond donors (Lipinski definition) is 2. The zero-order valence-corrected chi connectivity index (χ0v) is 19.8. The molecule has 7 nitrogen and oxygen atoms in total. The summed E-state index contributed by atoms with van der Waals surface area (Å²) < 4.78 is 5.68. The minimum absolute atomic E-state index is 0.00937. The minimum atomic E-state index is -0.832. The fourth-order valence-electron chi connectivity index (χ4n) is 5.99. The van der Waals surface area contributed by atoms with Crippen LogP contribution < -0.4 is 5.32 Å². The molecule has 2 aromatic rings. The molecule has 2 aromatic carbocycles. The number of likely N-dealkylation sites (tertiary alicyclic amines) is 1. The maximum atomic E-state index is 13.1. The van der Waals surface area contributed by atoms with Gasteiger partial charge in [0.25, 0.3) is 0 Å². The van der Waals surface area contributed by atoms with Crippen LogP contribution in [0.15, 0.2) is 48.5 Å². The van der Waals surface area contributed by atoms with Crippen molar-refractivity contribution in [1.82, 2.24) is 10.2 Å². The largest absolute Gasteiger partial charge is 0.481 e. The van der Waals surface area contributed by atoms with Crippen LogP contribution in [0.4, 0.5) is 4.79 Å². The highest BCUT2D eigenvalue weighted by atomic mass is 16.5. The van der Waals surface area contributed by atoms with E-state index in [4.69, 9.17) is 4.74 Å². The maximum Gasteiger partial charge on any atom is 0.407 e. The lowest BCUT2D eigenvalue weighted by atomic mass is 9.84. The number of nitrogens with one attached hydrogen (secondary N) is 1. The molecule has 35 heavy (non-hydrogen) atoms. The van der Waals surface area contributed by atoms with Gasteiger partial charge in [0.15, 0.2) is 0 Å². The number of aliphatic carboxylic acids is 1. The second kappa shape index (κ2) is 10.1. The number of amides is 2. The van der Waals surface area contributed by atoms with Crippen molar-refractivity contribution in [1.29, 1.82) is 0 Å². The molecule has 5 rings (SSSR count). The Morgan fingerprint density at radius 1 is 0.914 bits per heavy atom. The van der Waals surface area contributed by atoms with E-state index in [1.165, 1.54) is 22.3 Å². The van der Waals surface area contributed by atoms with Gasteiger partial charge in [-0.05, 0) is 54.4 Å². The van der Waals surface area contributed by atoms with Crippen molar-refractivity contribution in [3.63, 3.8) is 0 Å². The molecule has 1 saturated carbocycles. The van der Waals surface area contributed by atoms with Crippen LogP contribution >= 0.6 is 0 Å². The average molecular weight is 477 g/mol. The van der Waals surface area contributed by atoms with E-state index in [1.807, 2.05) is 24.3 Å². The molecular weight excluding hydrogens is 444 g/mol. The second-order valence-corrected chi connectivity index (χ2v) is 9.99. The van der Waals surface area contributed by atoms with Gasteiger partial charge in [0, 0.05) is 31.0 Å². The quantitative estimate of drug-likeness (QED) is 0.667. The molecule has 184 valence electrons. The number of hydrogen-bond acceptors (Lipinski definition) is 4. The van der Waals surface area contributed by atoms with Gasteiger partial charge in [-0.1, -0.05) is 55.0 Å². The van der Waals surface area contributed by atoms with Crippen LogP contribution in [0.1, 0.15) is 55.6 Å². The number of rotatable bonds is 5. The summed E-state index contributed by atoms with van der Waals surface area (Å²) in [5.74, 6) is -1.47. The third kappa shape index (κ3) is 4.90. The molecule has 3 aliphatic rings. The zero-order valence-electron chi connectivity index (χ0n) is 19.8. The van der Waals surface area contributed by atoms with E-state index in [1.54, 1.807) is 4.90 Å². The lowest BCUT2D eigenvalue weighted by Crippen LogP contribution is -2.47. The average Bonchev–Trinajstić information content (AvgIpc) is 3.21. The topological polar surface area (TPSA) is 95.9 Å². The van der Waals surface area contributed by atoms with E-state index in [0.29, 0.717) is 19.4 Å². The highest BCUT2D eigenvalue weighted by Crippen LogP contribution is 2.44. The summed E-state index contributed by atoms with van der Waals surface area (Å²) in [5, 5.41) is 12.3. The van der Waals surface area contributed by atoms with Crippen LogP contribution in [-0.2, 0) is 14.3 Å². The first kappa shape index (κ1) is 23.4. The molecule has 0 radical (unpaired) electrons. The summed E-state index contributed by atoms with van der Waals surface area (Å²) in [6, 6.07) is 16.4. The van der Waals surface area contributed by atoms with E-state index < -0.39 is 18.0 Å². The SMILES string of the molecule is O=C(N[C@@H]1CCC[C@H](C(=O)N2CCC[C@@H](C(=O)O)C2)C1)OCC1c2ccccc2-c2ccccc21. The van der Waals surface area contributed by atoms with Crippen molar-refractivity contribution in [2.24, 2.45) is 11.8 Å². The molecular formula is C28H32N2O5. The summed E-state index contributed by atoms with van der Waals surface area (Å²) in [6.45, 7) is 1.16.